The first-order valence-electron chi connectivity index (χ1n) is 8.54. The second-order valence-corrected chi connectivity index (χ2v) is 9.16. The number of piperidine rings is 1. The van der Waals surface area contributed by atoms with E-state index in [1.54, 1.807) is 6.20 Å². The van der Waals surface area contributed by atoms with E-state index in [0.717, 1.165) is 12.8 Å². The molecule has 138 valence electrons. The highest BCUT2D eigenvalue weighted by molar-refractivity contribution is 14.1. The molecule has 25 heavy (non-hydrogen) atoms. The fourth-order valence-electron chi connectivity index (χ4n) is 2.95. The number of halogens is 1. The minimum Gasteiger partial charge on any atom is -0.444 e. The molecule has 3 atom stereocenters. The van der Waals surface area contributed by atoms with Crippen LogP contribution in [0.5, 0.6) is 0 Å². The van der Waals surface area contributed by atoms with Crippen LogP contribution in [-0.4, -0.2) is 50.0 Å². The first-order chi connectivity index (χ1) is 11.7. The van der Waals surface area contributed by atoms with Gasteiger partial charge >= 0.3 is 6.09 Å². The highest BCUT2D eigenvalue weighted by Crippen LogP contribution is 2.30. The van der Waals surface area contributed by atoms with Crippen LogP contribution in [0.4, 0.5) is 4.79 Å². The zero-order valence-corrected chi connectivity index (χ0v) is 17.4. The third-order valence-electron chi connectivity index (χ3n) is 4.00. The lowest BCUT2D eigenvalue weighted by Crippen LogP contribution is -2.54. The Morgan fingerprint density at radius 2 is 2.16 bits per heavy atom. The number of aromatic nitrogens is 1. The van der Waals surface area contributed by atoms with Crippen LogP contribution in [-0.2, 0) is 4.74 Å². The number of alkyl halides is 1. The van der Waals surface area contributed by atoms with Crippen LogP contribution in [0, 0.1) is 0 Å². The van der Waals surface area contributed by atoms with E-state index in [2.05, 4.69) is 39.5 Å². The lowest BCUT2D eigenvalue weighted by Gasteiger charge is -2.42. The number of rotatable bonds is 3. The zero-order valence-electron chi connectivity index (χ0n) is 15.3. The SMILES string of the molecule is C[C@@H]1CC(I)C[C@@H](CN=C(N)c2ccccn2)N1C(=O)OC(C)(C)C. The summed E-state index contributed by atoms with van der Waals surface area (Å²) in [5.74, 6) is 0.396. The highest BCUT2D eigenvalue weighted by atomic mass is 127. The molecule has 0 aliphatic carbocycles. The number of amides is 1. The Morgan fingerprint density at radius 1 is 1.44 bits per heavy atom. The Morgan fingerprint density at radius 3 is 2.76 bits per heavy atom. The molecule has 2 N–H and O–H groups in total. The maximum atomic E-state index is 12.7. The van der Waals surface area contributed by atoms with Gasteiger partial charge in [-0.05, 0) is 52.7 Å². The number of likely N-dealkylation sites (tertiary alicyclic amines) is 1. The molecule has 7 heteroatoms. The van der Waals surface area contributed by atoms with E-state index in [1.165, 1.54) is 0 Å². The van der Waals surface area contributed by atoms with Gasteiger partial charge in [-0.15, -0.1) is 0 Å². The van der Waals surface area contributed by atoms with Gasteiger partial charge in [-0.25, -0.2) is 4.79 Å². The van der Waals surface area contributed by atoms with E-state index >= 15 is 0 Å². The van der Waals surface area contributed by atoms with Crippen molar-refractivity contribution in [1.82, 2.24) is 9.88 Å². The molecule has 0 bridgehead atoms. The molecule has 2 rings (SSSR count). The summed E-state index contributed by atoms with van der Waals surface area (Å²) in [6.45, 7) is 8.16. The molecule has 1 saturated heterocycles. The Hall–Kier alpha value is -1.38. The lowest BCUT2D eigenvalue weighted by atomic mass is 9.97. The Labute approximate surface area is 163 Å². The van der Waals surface area contributed by atoms with E-state index in [4.69, 9.17) is 10.5 Å². The maximum Gasteiger partial charge on any atom is 0.410 e. The lowest BCUT2D eigenvalue weighted by molar-refractivity contribution is -0.0000799. The number of amidine groups is 1. The van der Waals surface area contributed by atoms with Gasteiger partial charge in [0.25, 0.3) is 0 Å². The third-order valence-corrected chi connectivity index (χ3v) is 5.01. The molecule has 1 unspecified atom stereocenters. The van der Waals surface area contributed by atoms with E-state index in [1.807, 2.05) is 43.9 Å². The molecular formula is C18H27IN4O2. The second-order valence-electron chi connectivity index (χ2n) is 7.40. The number of hydrogen-bond acceptors (Lipinski definition) is 4. The molecular weight excluding hydrogens is 431 g/mol. The van der Waals surface area contributed by atoms with Crippen molar-refractivity contribution in [2.75, 3.05) is 6.54 Å². The summed E-state index contributed by atoms with van der Waals surface area (Å²) in [6, 6.07) is 5.63. The molecule has 2 heterocycles. The summed E-state index contributed by atoms with van der Waals surface area (Å²) in [5, 5.41) is 0. The number of nitrogens with two attached hydrogens (primary N) is 1. The molecule has 6 nitrogen and oxygen atoms in total. The van der Waals surface area contributed by atoms with Crippen LogP contribution < -0.4 is 5.73 Å². The second kappa shape index (κ2) is 8.33. The van der Waals surface area contributed by atoms with E-state index in [0.29, 0.717) is 22.0 Å². The Balaban J connectivity index is 2.15. The van der Waals surface area contributed by atoms with E-state index in [-0.39, 0.29) is 18.2 Å². The van der Waals surface area contributed by atoms with E-state index in [9.17, 15) is 4.79 Å². The van der Waals surface area contributed by atoms with Crippen molar-refractivity contribution in [2.45, 2.75) is 62.1 Å². The normalized spacial score (nSPS) is 24.9. The predicted molar refractivity (Wildman–Crippen MR) is 108 cm³/mol. The quantitative estimate of drug-likeness (QED) is 0.326. The average molecular weight is 458 g/mol. The van der Waals surface area contributed by atoms with Crippen molar-refractivity contribution in [3.05, 3.63) is 30.1 Å². The molecule has 1 aromatic heterocycles. The van der Waals surface area contributed by atoms with Gasteiger partial charge in [0.1, 0.15) is 17.1 Å². The molecule has 1 aromatic rings. The van der Waals surface area contributed by atoms with Crippen molar-refractivity contribution in [2.24, 2.45) is 10.7 Å². The van der Waals surface area contributed by atoms with Crippen LogP contribution in [0.3, 0.4) is 0 Å². The Kier molecular flexibility index (Phi) is 6.65. The van der Waals surface area contributed by atoms with Crippen LogP contribution in [0.1, 0.15) is 46.2 Å². The summed E-state index contributed by atoms with van der Waals surface area (Å²) in [5.41, 5.74) is 6.19. The first-order valence-corrected chi connectivity index (χ1v) is 9.78. The molecule has 1 fully saturated rings. The van der Waals surface area contributed by atoms with Gasteiger partial charge in [0, 0.05) is 16.2 Å². The van der Waals surface area contributed by atoms with Crippen LogP contribution in [0.2, 0.25) is 0 Å². The van der Waals surface area contributed by atoms with Crippen molar-refractivity contribution >= 4 is 34.5 Å². The summed E-state index contributed by atoms with van der Waals surface area (Å²) in [4.78, 5) is 23.2. The first kappa shape index (κ1) is 19.9. The minimum absolute atomic E-state index is 0.0252. The molecule has 1 aliphatic heterocycles. The van der Waals surface area contributed by atoms with Gasteiger partial charge < -0.3 is 15.4 Å². The number of pyridine rings is 1. The number of ether oxygens (including phenoxy) is 1. The Bertz CT molecular complexity index is 615. The molecule has 0 saturated carbocycles. The number of aliphatic imine (C=N–C) groups is 1. The van der Waals surface area contributed by atoms with Crippen molar-refractivity contribution in [3.63, 3.8) is 0 Å². The molecule has 0 spiro atoms. The number of nitrogens with zero attached hydrogens (tertiary/aromatic N) is 3. The van der Waals surface area contributed by atoms with Gasteiger partial charge in [0.15, 0.2) is 0 Å². The average Bonchev–Trinajstić information content (AvgIpc) is 2.51. The number of carbonyl (C=O) groups is 1. The summed E-state index contributed by atoms with van der Waals surface area (Å²) in [7, 11) is 0. The monoisotopic (exact) mass is 458 g/mol. The van der Waals surface area contributed by atoms with Crippen molar-refractivity contribution in [3.8, 4) is 0 Å². The standard InChI is InChI=1S/C18H27IN4O2/c1-12-9-13(19)10-14(23(12)17(24)25-18(2,3)4)11-22-16(20)15-7-5-6-8-21-15/h5-8,12-14H,9-11H2,1-4H3,(H2,20,22)/t12-,13?,14+/m1/s1. The van der Waals surface area contributed by atoms with Gasteiger partial charge in [-0.3, -0.25) is 9.98 Å². The molecule has 0 radical (unpaired) electrons. The summed E-state index contributed by atoms with van der Waals surface area (Å²) < 4.78 is 6.10. The third kappa shape index (κ3) is 5.83. The van der Waals surface area contributed by atoms with Crippen LogP contribution in [0.25, 0.3) is 0 Å². The zero-order chi connectivity index (χ0) is 18.6. The fourth-order valence-corrected chi connectivity index (χ4v) is 4.28. The molecule has 1 aliphatic rings. The van der Waals surface area contributed by atoms with Crippen molar-refractivity contribution in [1.29, 1.82) is 0 Å². The van der Waals surface area contributed by atoms with Crippen LogP contribution in [0.15, 0.2) is 29.4 Å². The highest BCUT2D eigenvalue weighted by Gasteiger charge is 2.37. The summed E-state index contributed by atoms with van der Waals surface area (Å²) in [6.07, 6.45) is 3.24. The van der Waals surface area contributed by atoms with E-state index < -0.39 is 5.60 Å². The number of hydrogen-bond donors (Lipinski definition) is 1. The largest absolute Gasteiger partial charge is 0.444 e. The molecule has 0 aromatic carbocycles. The van der Waals surface area contributed by atoms with Crippen LogP contribution >= 0.6 is 22.6 Å². The predicted octanol–water partition coefficient (Wildman–Crippen LogP) is 3.38. The molecule has 1 amide bonds. The minimum atomic E-state index is -0.515. The van der Waals surface area contributed by atoms with Gasteiger partial charge in [0.05, 0.1) is 12.6 Å². The maximum absolute atomic E-state index is 12.7. The topological polar surface area (TPSA) is 80.8 Å². The smallest absolute Gasteiger partial charge is 0.410 e. The fraction of sp³-hybridized carbons (Fsp3) is 0.611. The summed E-state index contributed by atoms with van der Waals surface area (Å²) >= 11 is 2.45. The van der Waals surface area contributed by atoms with Gasteiger partial charge in [0.2, 0.25) is 0 Å². The number of carbonyl (C=O) groups excluding carboxylic acids is 1. The van der Waals surface area contributed by atoms with Gasteiger partial charge in [-0.1, -0.05) is 28.7 Å². The van der Waals surface area contributed by atoms with Crippen molar-refractivity contribution < 1.29 is 9.53 Å². The van der Waals surface area contributed by atoms with Gasteiger partial charge in [-0.2, -0.15) is 0 Å².